The molecule has 114 valence electrons. The molecule has 6 nitrogen and oxygen atoms in total. The molecule has 0 unspecified atom stereocenters. The van der Waals surface area contributed by atoms with Crippen LogP contribution >= 0.6 is 15.9 Å². The molecule has 21 heavy (non-hydrogen) atoms. The van der Waals surface area contributed by atoms with E-state index in [4.69, 9.17) is 4.74 Å². The highest BCUT2D eigenvalue weighted by atomic mass is 79.9. The molecule has 0 aliphatic rings. The number of nitrogens with one attached hydrogen (secondary N) is 1. The van der Waals surface area contributed by atoms with E-state index in [0.717, 1.165) is 4.47 Å². The number of hydrogen-bond donors (Lipinski definition) is 1. The Bertz CT molecular complexity index is 528. The monoisotopic (exact) mass is 356 g/mol. The lowest BCUT2D eigenvalue weighted by Crippen LogP contribution is -2.40. The first kappa shape index (κ1) is 17.2. The minimum absolute atomic E-state index is 0.324. The van der Waals surface area contributed by atoms with Crippen molar-refractivity contribution in [2.45, 2.75) is 13.0 Å². The van der Waals surface area contributed by atoms with E-state index in [2.05, 4.69) is 21.2 Å². The highest BCUT2D eigenvalue weighted by molar-refractivity contribution is 9.10. The van der Waals surface area contributed by atoms with Gasteiger partial charge in [-0.1, -0.05) is 15.9 Å². The first-order chi connectivity index (χ1) is 9.81. The molecule has 0 bridgehead atoms. The van der Waals surface area contributed by atoms with Crippen molar-refractivity contribution >= 4 is 33.7 Å². The summed E-state index contributed by atoms with van der Waals surface area (Å²) in [7, 11) is 3.13. The summed E-state index contributed by atoms with van der Waals surface area (Å²) < 4.78 is 5.69. The molecule has 1 atom stereocenters. The summed E-state index contributed by atoms with van der Waals surface area (Å²) >= 11 is 3.27. The molecular weight excluding hydrogens is 340 g/mol. The third-order valence-electron chi connectivity index (χ3n) is 2.64. The predicted octanol–water partition coefficient (Wildman–Crippen LogP) is 1.20. The van der Waals surface area contributed by atoms with Gasteiger partial charge in [-0.25, -0.2) is 4.79 Å². The Hall–Kier alpha value is -1.89. The van der Waals surface area contributed by atoms with E-state index >= 15 is 0 Å². The number of likely N-dealkylation sites (N-methyl/N-ethyl adjacent to an activating group) is 1. The smallest absolute Gasteiger partial charge is 0.328 e. The van der Waals surface area contributed by atoms with Crippen molar-refractivity contribution in [2.24, 2.45) is 0 Å². The van der Waals surface area contributed by atoms with Gasteiger partial charge in [0.1, 0.15) is 6.04 Å². The number of esters is 1. The van der Waals surface area contributed by atoms with Crippen molar-refractivity contribution in [2.75, 3.05) is 20.7 Å². The van der Waals surface area contributed by atoms with Crippen LogP contribution in [0.4, 0.5) is 0 Å². The summed E-state index contributed by atoms with van der Waals surface area (Å²) in [4.78, 5) is 36.2. The minimum atomic E-state index is -0.837. The highest BCUT2D eigenvalue weighted by Crippen LogP contribution is 2.10. The zero-order valence-electron chi connectivity index (χ0n) is 12.1. The summed E-state index contributed by atoms with van der Waals surface area (Å²) in [5.74, 6) is -1.36. The Kier molecular flexibility index (Phi) is 6.36. The maximum absolute atomic E-state index is 11.9. The molecule has 0 radical (unpaired) electrons. The number of rotatable bonds is 5. The van der Waals surface area contributed by atoms with Gasteiger partial charge >= 0.3 is 5.97 Å². The first-order valence-corrected chi connectivity index (χ1v) is 7.03. The molecule has 0 heterocycles. The SMILES string of the molecule is C[C@H](NC(=O)c1ccc(Br)cc1)C(=O)OCC(=O)N(C)C. The van der Waals surface area contributed by atoms with Gasteiger partial charge in [0.25, 0.3) is 11.8 Å². The molecule has 0 spiro atoms. The first-order valence-electron chi connectivity index (χ1n) is 6.24. The molecule has 0 saturated carbocycles. The van der Waals surface area contributed by atoms with Crippen LogP contribution in [0.3, 0.4) is 0 Å². The zero-order chi connectivity index (χ0) is 16.0. The number of amides is 2. The molecule has 0 aliphatic heterocycles. The molecule has 0 aliphatic carbocycles. The molecule has 1 N–H and O–H groups in total. The Balaban J connectivity index is 2.50. The van der Waals surface area contributed by atoms with Crippen molar-refractivity contribution in [3.8, 4) is 0 Å². The zero-order valence-corrected chi connectivity index (χ0v) is 13.6. The van der Waals surface area contributed by atoms with Crippen LogP contribution < -0.4 is 5.32 Å². The van der Waals surface area contributed by atoms with Crippen molar-refractivity contribution < 1.29 is 19.1 Å². The van der Waals surface area contributed by atoms with Crippen molar-refractivity contribution in [3.05, 3.63) is 34.3 Å². The van der Waals surface area contributed by atoms with E-state index in [-0.39, 0.29) is 18.4 Å². The fourth-order valence-corrected chi connectivity index (χ4v) is 1.59. The van der Waals surface area contributed by atoms with E-state index in [0.29, 0.717) is 5.56 Å². The molecule has 1 aromatic rings. The molecule has 1 rings (SSSR count). The Morgan fingerprint density at radius 1 is 1.24 bits per heavy atom. The predicted molar refractivity (Wildman–Crippen MR) is 80.7 cm³/mol. The van der Waals surface area contributed by atoms with Gasteiger partial charge in [-0.3, -0.25) is 9.59 Å². The Morgan fingerprint density at radius 3 is 2.33 bits per heavy atom. The number of hydrogen-bond acceptors (Lipinski definition) is 4. The molecule has 1 aromatic carbocycles. The summed E-state index contributed by atoms with van der Waals surface area (Å²) in [6.07, 6.45) is 0. The topological polar surface area (TPSA) is 75.7 Å². The standard InChI is InChI=1S/C14H17BrN2O4/c1-9(14(20)21-8-12(18)17(2)3)16-13(19)10-4-6-11(15)7-5-10/h4-7,9H,8H2,1-3H3,(H,16,19)/t9-/m0/s1. The van der Waals surface area contributed by atoms with E-state index in [1.165, 1.54) is 11.8 Å². The maximum atomic E-state index is 11.9. The van der Waals surface area contributed by atoms with Crippen molar-refractivity contribution in [1.29, 1.82) is 0 Å². The van der Waals surface area contributed by atoms with Crippen molar-refractivity contribution in [3.63, 3.8) is 0 Å². The number of halogens is 1. The Labute approximate surface area is 131 Å². The average molecular weight is 357 g/mol. The molecule has 2 amide bonds. The van der Waals surface area contributed by atoms with Crippen LogP contribution in [0.1, 0.15) is 17.3 Å². The molecule has 0 aromatic heterocycles. The van der Waals surface area contributed by atoms with Gasteiger partial charge in [-0.2, -0.15) is 0 Å². The van der Waals surface area contributed by atoms with E-state index in [9.17, 15) is 14.4 Å². The quantitative estimate of drug-likeness (QED) is 0.804. The lowest BCUT2D eigenvalue weighted by atomic mass is 10.2. The van der Waals surface area contributed by atoms with Crippen LogP contribution in [0.5, 0.6) is 0 Å². The molecular formula is C14H17BrN2O4. The number of carbonyl (C=O) groups excluding carboxylic acids is 3. The van der Waals surface area contributed by atoms with Crippen LogP contribution in [0.15, 0.2) is 28.7 Å². The van der Waals surface area contributed by atoms with Gasteiger partial charge in [0.15, 0.2) is 6.61 Å². The van der Waals surface area contributed by atoms with Crippen LogP contribution in [-0.4, -0.2) is 49.4 Å². The fraction of sp³-hybridized carbons (Fsp3) is 0.357. The van der Waals surface area contributed by atoms with Gasteiger partial charge in [0.05, 0.1) is 0 Å². The molecule has 0 fully saturated rings. The summed E-state index contributed by atoms with van der Waals surface area (Å²) in [6.45, 7) is 1.16. The second-order valence-corrected chi connectivity index (χ2v) is 5.51. The largest absolute Gasteiger partial charge is 0.454 e. The number of nitrogens with zero attached hydrogens (tertiary/aromatic N) is 1. The number of benzene rings is 1. The lowest BCUT2D eigenvalue weighted by Gasteiger charge is -2.15. The van der Waals surface area contributed by atoms with Crippen LogP contribution in [0.2, 0.25) is 0 Å². The molecule has 7 heteroatoms. The van der Waals surface area contributed by atoms with E-state index in [1.54, 1.807) is 38.4 Å². The molecule has 0 saturated heterocycles. The summed E-state index contributed by atoms with van der Waals surface area (Å²) in [6, 6.07) is 5.89. The average Bonchev–Trinajstić information content (AvgIpc) is 2.44. The normalized spacial score (nSPS) is 11.4. The van der Waals surface area contributed by atoms with Crippen molar-refractivity contribution in [1.82, 2.24) is 10.2 Å². The van der Waals surface area contributed by atoms with Gasteiger partial charge in [-0.05, 0) is 31.2 Å². The van der Waals surface area contributed by atoms with Crippen LogP contribution in [0.25, 0.3) is 0 Å². The number of carbonyl (C=O) groups is 3. The third kappa shape index (κ3) is 5.55. The van der Waals surface area contributed by atoms with Crippen LogP contribution in [0, 0.1) is 0 Å². The van der Waals surface area contributed by atoms with Gasteiger partial charge in [-0.15, -0.1) is 0 Å². The highest BCUT2D eigenvalue weighted by Gasteiger charge is 2.19. The van der Waals surface area contributed by atoms with Gasteiger partial charge in [0, 0.05) is 24.1 Å². The van der Waals surface area contributed by atoms with Gasteiger partial charge < -0.3 is 15.0 Å². The second kappa shape index (κ2) is 7.78. The summed E-state index contributed by atoms with van der Waals surface area (Å²) in [5, 5.41) is 2.51. The van der Waals surface area contributed by atoms with E-state index < -0.39 is 12.0 Å². The maximum Gasteiger partial charge on any atom is 0.328 e. The summed E-state index contributed by atoms with van der Waals surface area (Å²) in [5.41, 5.74) is 0.433. The second-order valence-electron chi connectivity index (χ2n) is 4.60. The lowest BCUT2D eigenvalue weighted by molar-refractivity contribution is -0.152. The fourth-order valence-electron chi connectivity index (χ4n) is 1.33. The van der Waals surface area contributed by atoms with E-state index in [1.807, 2.05) is 0 Å². The minimum Gasteiger partial charge on any atom is -0.454 e. The van der Waals surface area contributed by atoms with Crippen LogP contribution in [-0.2, 0) is 14.3 Å². The third-order valence-corrected chi connectivity index (χ3v) is 3.17. The Morgan fingerprint density at radius 2 is 1.81 bits per heavy atom. The van der Waals surface area contributed by atoms with Gasteiger partial charge in [0.2, 0.25) is 0 Å². The number of ether oxygens (including phenoxy) is 1.